The molecule has 8 aromatic carbocycles. The van der Waals surface area contributed by atoms with Crippen LogP contribution in [0.1, 0.15) is 0 Å². The Morgan fingerprint density at radius 3 is 1.59 bits per heavy atom. The molecule has 56 heavy (non-hydrogen) atoms. The second-order valence-corrected chi connectivity index (χ2v) is 15.2. The minimum atomic E-state index is 0.587. The van der Waals surface area contributed by atoms with E-state index in [2.05, 4.69) is 176 Å². The fraction of sp³-hybridized carbons (Fsp3) is 0. The van der Waals surface area contributed by atoms with Gasteiger partial charge in [0.25, 0.3) is 0 Å². The Hall–Kier alpha value is -7.14. The molecule has 262 valence electrons. The summed E-state index contributed by atoms with van der Waals surface area (Å²) in [7, 11) is 0. The Balaban J connectivity index is 1.05. The van der Waals surface area contributed by atoms with Crippen LogP contribution in [0.3, 0.4) is 0 Å². The van der Waals surface area contributed by atoms with Crippen molar-refractivity contribution < 1.29 is 4.42 Å². The molecular formula is C52H32N2OS. The second kappa shape index (κ2) is 13.3. The molecular weight excluding hydrogens is 701 g/mol. The number of para-hydroxylation sites is 1. The number of fused-ring (bicyclic) bond motifs is 6. The molecule has 3 nitrogen and oxygen atoms in total. The maximum absolute atomic E-state index is 6.46. The largest absolute Gasteiger partial charge is 0.438 e. The van der Waals surface area contributed by atoms with Gasteiger partial charge >= 0.3 is 0 Å². The lowest BCUT2D eigenvalue weighted by Crippen LogP contribution is -1.94. The number of furan rings is 1. The van der Waals surface area contributed by atoms with E-state index in [9.17, 15) is 0 Å². The van der Waals surface area contributed by atoms with Crippen LogP contribution in [0.5, 0.6) is 0 Å². The van der Waals surface area contributed by atoms with Gasteiger partial charge in [0.15, 0.2) is 5.82 Å². The summed E-state index contributed by atoms with van der Waals surface area (Å²) in [5.74, 6) is 0.630. The fourth-order valence-electron chi connectivity index (χ4n) is 7.99. The lowest BCUT2D eigenvalue weighted by molar-refractivity contribution is 0.653. The molecule has 0 saturated heterocycles. The topological polar surface area (TPSA) is 38.9 Å². The molecule has 0 fully saturated rings. The zero-order valence-corrected chi connectivity index (χ0v) is 31.0. The van der Waals surface area contributed by atoms with Crippen LogP contribution < -0.4 is 0 Å². The molecule has 0 atom stereocenters. The van der Waals surface area contributed by atoms with Crippen LogP contribution in [0.2, 0.25) is 0 Å². The first-order chi connectivity index (χ1) is 27.7. The van der Waals surface area contributed by atoms with Crippen LogP contribution in [-0.4, -0.2) is 9.97 Å². The van der Waals surface area contributed by atoms with Gasteiger partial charge in [-0.05, 0) is 87.0 Å². The van der Waals surface area contributed by atoms with Crippen molar-refractivity contribution in [1.82, 2.24) is 9.97 Å². The SMILES string of the molecule is c1ccc(-c2cc(-c3ccccc3)cc(-c3cccc(-c4cccc(-c5nc(-c6cccc7c6sc6ccccc67)c6c(n5)oc5ccccc56)c4)c3)c2)cc1. The first kappa shape index (κ1) is 32.3. The molecule has 0 N–H and O–H groups in total. The zero-order valence-electron chi connectivity index (χ0n) is 30.2. The van der Waals surface area contributed by atoms with E-state index in [-0.39, 0.29) is 0 Å². The van der Waals surface area contributed by atoms with Crippen molar-refractivity contribution in [3.63, 3.8) is 0 Å². The predicted octanol–water partition coefficient (Wildman–Crippen LogP) is 14.7. The lowest BCUT2D eigenvalue weighted by Gasteiger charge is -2.13. The van der Waals surface area contributed by atoms with Gasteiger partial charge in [0, 0.05) is 36.7 Å². The molecule has 0 bridgehead atoms. The molecule has 0 radical (unpaired) electrons. The Bertz CT molecular complexity index is 3190. The van der Waals surface area contributed by atoms with Crippen molar-refractivity contribution in [2.45, 2.75) is 0 Å². The number of benzene rings is 8. The maximum Gasteiger partial charge on any atom is 0.231 e. The van der Waals surface area contributed by atoms with Gasteiger partial charge in [0.1, 0.15) is 5.58 Å². The number of aromatic nitrogens is 2. The quantitative estimate of drug-likeness (QED) is 0.171. The van der Waals surface area contributed by atoms with Crippen molar-refractivity contribution >= 4 is 53.6 Å². The molecule has 0 aliphatic carbocycles. The van der Waals surface area contributed by atoms with Gasteiger partial charge in [0.2, 0.25) is 5.71 Å². The van der Waals surface area contributed by atoms with Gasteiger partial charge < -0.3 is 4.42 Å². The summed E-state index contributed by atoms with van der Waals surface area (Å²) in [5.41, 5.74) is 13.6. The summed E-state index contributed by atoms with van der Waals surface area (Å²) in [4.78, 5) is 10.5. The summed E-state index contributed by atoms with van der Waals surface area (Å²) < 4.78 is 8.93. The molecule has 0 unspecified atom stereocenters. The first-order valence-corrected chi connectivity index (χ1v) is 19.6. The highest BCUT2D eigenvalue weighted by atomic mass is 32.1. The van der Waals surface area contributed by atoms with Crippen LogP contribution in [0, 0.1) is 0 Å². The van der Waals surface area contributed by atoms with E-state index in [1.54, 1.807) is 0 Å². The smallest absolute Gasteiger partial charge is 0.231 e. The van der Waals surface area contributed by atoms with Gasteiger partial charge in [-0.2, -0.15) is 4.98 Å². The van der Waals surface area contributed by atoms with Crippen LogP contribution in [0.15, 0.2) is 199 Å². The average Bonchev–Trinajstić information content (AvgIpc) is 3.85. The van der Waals surface area contributed by atoms with Crippen molar-refractivity contribution in [1.29, 1.82) is 0 Å². The third-order valence-corrected chi connectivity index (χ3v) is 11.9. The Morgan fingerprint density at radius 2 is 0.875 bits per heavy atom. The summed E-state index contributed by atoms with van der Waals surface area (Å²) in [6, 6.07) is 68.8. The van der Waals surface area contributed by atoms with Crippen LogP contribution >= 0.6 is 11.3 Å². The first-order valence-electron chi connectivity index (χ1n) is 18.8. The molecule has 11 rings (SSSR count). The van der Waals surface area contributed by atoms with E-state index in [0.717, 1.165) is 49.9 Å². The van der Waals surface area contributed by atoms with Gasteiger partial charge in [-0.3, -0.25) is 0 Å². The minimum absolute atomic E-state index is 0.587. The monoisotopic (exact) mass is 732 g/mol. The third-order valence-electron chi connectivity index (χ3n) is 10.7. The number of thiophene rings is 1. The lowest BCUT2D eigenvalue weighted by atomic mass is 9.92. The second-order valence-electron chi connectivity index (χ2n) is 14.1. The van der Waals surface area contributed by atoms with E-state index in [1.807, 2.05) is 29.5 Å². The van der Waals surface area contributed by atoms with Gasteiger partial charge in [0.05, 0.1) is 11.1 Å². The van der Waals surface area contributed by atoms with E-state index in [1.165, 1.54) is 48.0 Å². The Labute approximate surface area is 327 Å². The predicted molar refractivity (Wildman–Crippen MR) is 235 cm³/mol. The van der Waals surface area contributed by atoms with Crippen LogP contribution in [-0.2, 0) is 0 Å². The highest BCUT2D eigenvalue weighted by molar-refractivity contribution is 7.26. The molecule has 3 heterocycles. The van der Waals surface area contributed by atoms with Crippen LogP contribution in [0.25, 0.3) is 109 Å². The van der Waals surface area contributed by atoms with E-state index in [0.29, 0.717) is 11.5 Å². The van der Waals surface area contributed by atoms with E-state index >= 15 is 0 Å². The van der Waals surface area contributed by atoms with Crippen LogP contribution in [0.4, 0.5) is 0 Å². The van der Waals surface area contributed by atoms with Gasteiger partial charge in [-0.25, -0.2) is 4.98 Å². The summed E-state index contributed by atoms with van der Waals surface area (Å²) in [6.07, 6.45) is 0. The van der Waals surface area contributed by atoms with Crippen molar-refractivity contribution in [3.05, 3.63) is 194 Å². The number of nitrogens with zero attached hydrogens (tertiary/aromatic N) is 2. The Morgan fingerprint density at radius 1 is 0.375 bits per heavy atom. The zero-order chi connectivity index (χ0) is 37.0. The third kappa shape index (κ3) is 5.58. The maximum atomic E-state index is 6.46. The number of rotatable bonds is 6. The molecule has 3 aromatic heterocycles. The summed E-state index contributed by atoms with van der Waals surface area (Å²) >= 11 is 1.81. The standard InChI is InChI=1S/C52H32N2OS/c1-3-14-33(15-4-1)39-30-40(34-16-5-2-6-17-34)32-41(31-39)37-20-11-18-35(28-37)36-19-12-21-38(29-36)51-53-49(48-44-23-7-9-26-46(44)55-52(48)54-51)45-25-13-24-43-42-22-8-10-27-47(42)56-50(43)45/h1-32H. The summed E-state index contributed by atoms with van der Waals surface area (Å²) in [6.45, 7) is 0. The normalized spacial score (nSPS) is 11.6. The van der Waals surface area contributed by atoms with Gasteiger partial charge in [-0.1, -0.05) is 152 Å². The fourth-order valence-corrected chi connectivity index (χ4v) is 9.20. The molecule has 0 spiro atoms. The Kier molecular flexibility index (Phi) is 7.68. The molecule has 4 heteroatoms. The molecule has 0 amide bonds. The number of hydrogen-bond acceptors (Lipinski definition) is 4. The highest BCUT2D eigenvalue weighted by Gasteiger charge is 2.21. The molecule has 0 aliphatic heterocycles. The van der Waals surface area contributed by atoms with Gasteiger partial charge in [-0.15, -0.1) is 11.3 Å². The minimum Gasteiger partial charge on any atom is -0.438 e. The molecule has 0 saturated carbocycles. The summed E-state index contributed by atoms with van der Waals surface area (Å²) in [5, 5.41) is 4.44. The molecule has 0 aliphatic rings. The van der Waals surface area contributed by atoms with Crippen molar-refractivity contribution in [2.24, 2.45) is 0 Å². The number of hydrogen-bond donors (Lipinski definition) is 0. The van der Waals surface area contributed by atoms with Crippen molar-refractivity contribution in [3.8, 4) is 67.2 Å². The average molecular weight is 733 g/mol. The molecule has 11 aromatic rings. The van der Waals surface area contributed by atoms with E-state index < -0.39 is 0 Å². The highest BCUT2D eigenvalue weighted by Crippen LogP contribution is 2.44. The van der Waals surface area contributed by atoms with Crippen molar-refractivity contribution in [2.75, 3.05) is 0 Å². The van der Waals surface area contributed by atoms with E-state index in [4.69, 9.17) is 14.4 Å².